The van der Waals surface area contributed by atoms with E-state index >= 15 is 0 Å². The van der Waals surface area contributed by atoms with E-state index in [4.69, 9.17) is 0 Å². The first-order valence-corrected chi connectivity index (χ1v) is 11.2. The first-order chi connectivity index (χ1) is 15.4. The van der Waals surface area contributed by atoms with E-state index in [9.17, 15) is 14.4 Å². The van der Waals surface area contributed by atoms with E-state index in [0.717, 1.165) is 55.4 Å². The standard InChI is InChI=1S/C26H29N3O3/c1-18-11-12-19(2)22(15-18)27-26(32)25(31)21-16-29(23-10-6-5-9-20(21)23)17-24(30)28-13-7-3-4-8-14-28/h5-6,9-12,15-16H,3-4,7-8,13-14,17H2,1-2H3,(H,27,32). The topological polar surface area (TPSA) is 71.4 Å². The van der Waals surface area contributed by atoms with Crippen LogP contribution in [0.3, 0.4) is 0 Å². The molecule has 0 spiro atoms. The Balaban J connectivity index is 1.59. The third-order valence-corrected chi connectivity index (χ3v) is 6.15. The molecule has 4 rings (SSSR count). The molecule has 0 atom stereocenters. The molecule has 1 saturated heterocycles. The molecule has 1 fully saturated rings. The number of aromatic nitrogens is 1. The summed E-state index contributed by atoms with van der Waals surface area (Å²) < 4.78 is 1.79. The van der Waals surface area contributed by atoms with Crippen molar-refractivity contribution in [3.05, 3.63) is 65.4 Å². The van der Waals surface area contributed by atoms with E-state index in [1.165, 1.54) is 0 Å². The molecule has 6 heteroatoms. The van der Waals surface area contributed by atoms with Crippen LogP contribution in [0.25, 0.3) is 10.9 Å². The molecule has 2 amide bonds. The van der Waals surface area contributed by atoms with Gasteiger partial charge in [0.25, 0.3) is 11.7 Å². The summed E-state index contributed by atoms with van der Waals surface area (Å²) in [5, 5.41) is 3.43. The predicted molar refractivity (Wildman–Crippen MR) is 126 cm³/mol. The van der Waals surface area contributed by atoms with Gasteiger partial charge in [0.2, 0.25) is 5.91 Å². The molecule has 2 aromatic carbocycles. The van der Waals surface area contributed by atoms with Gasteiger partial charge in [0.1, 0.15) is 6.54 Å². The number of para-hydroxylation sites is 1. The van der Waals surface area contributed by atoms with Crippen LogP contribution in [0.1, 0.15) is 47.2 Å². The van der Waals surface area contributed by atoms with Crippen LogP contribution in [0, 0.1) is 13.8 Å². The van der Waals surface area contributed by atoms with Gasteiger partial charge in [-0.15, -0.1) is 0 Å². The Bertz CT molecular complexity index is 1170. The summed E-state index contributed by atoms with van der Waals surface area (Å²) in [6.45, 7) is 5.54. The van der Waals surface area contributed by atoms with Gasteiger partial charge in [-0.05, 0) is 49.9 Å². The maximum absolute atomic E-state index is 13.1. The normalized spacial score (nSPS) is 14.2. The number of hydrogen-bond donors (Lipinski definition) is 1. The number of carbonyl (C=O) groups excluding carboxylic acids is 3. The van der Waals surface area contributed by atoms with Crippen molar-refractivity contribution < 1.29 is 14.4 Å². The van der Waals surface area contributed by atoms with Crippen molar-refractivity contribution in [3.63, 3.8) is 0 Å². The minimum Gasteiger partial charge on any atom is -0.341 e. The van der Waals surface area contributed by atoms with Gasteiger partial charge in [0.05, 0.1) is 5.56 Å². The van der Waals surface area contributed by atoms with Gasteiger partial charge in [0, 0.05) is 35.9 Å². The second kappa shape index (κ2) is 9.39. The van der Waals surface area contributed by atoms with E-state index in [0.29, 0.717) is 16.6 Å². The molecule has 1 aromatic heterocycles. The van der Waals surface area contributed by atoms with Crippen LogP contribution >= 0.6 is 0 Å². The maximum atomic E-state index is 13.1. The van der Waals surface area contributed by atoms with Crippen LogP contribution in [0.2, 0.25) is 0 Å². The zero-order valence-electron chi connectivity index (χ0n) is 18.7. The molecule has 1 aliphatic heterocycles. The Labute approximate surface area is 188 Å². The molecule has 1 aliphatic rings. The highest BCUT2D eigenvalue weighted by molar-refractivity contribution is 6.48. The number of rotatable bonds is 5. The van der Waals surface area contributed by atoms with Gasteiger partial charge >= 0.3 is 0 Å². The summed E-state index contributed by atoms with van der Waals surface area (Å²) in [6.07, 6.45) is 6.01. The summed E-state index contributed by atoms with van der Waals surface area (Å²) in [5.74, 6) is -1.24. The maximum Gasteiger partial charge on any atom is 0.296 e. The zero-order chi connectivity index (χ0) is 22.7. The number of likely N-dealkylation sites (tertiary alicyclic amines) is 1. The lowest BCUT2D eigenvalue weighted by atomic mass is 10.1. The van der Waals surface area contributed by atoms with Gasteiger partial charge in [-0.25, -0.2) is 0 Å². The average molecular weight is 432 g/mol. The highest BCUT2D eigenvalue weighted by Gasteiger charge is 2.24. The monoisotopic (exact) mass is 431 g/mol. The lowest BCUT2D eigenvalue weighted by Gasteiger charge is -2.20. The Morgan fingerprint density at radius 1 is 0.938 bits per heavy atom. The molecule has 0 unspecified atom stereocenters. The zero-order valence-corrected chi connectivity index (χ0v) is 18.7. The Kier molecular flexibility index (Phi) is 6.40. The first kappa shape index (κ1) is 21.8. The summed E-state index contributed by atoms with van der Waals surface area (Å²) >= 11 is 0. The fourth-order valence-electron chi connectivity index (χ4n) is 4.30. The van der Waals surface area contributed by atoms with Gasteiger partial charge in [-0.2, -0.15) is 0 Å². The SMILES string of the molecule is Cc1ccc(C)c(NC(=O)C(=O)c2cn(CC(=O)N3CCCCCC3)c3ccccc23)c1. The van der Waals surface area contributed by atoms with E-state index in [1.807, 2.05) is 61.2 Å². The third-order valence-electron chi connectivity index (χ3n) is 6.15. The summed E-state index contributed by atoms with van der Waals surface area (Å²) in [6, 6.07) is 13.1. The number of ketones is 1. The van der Waals surface area contributed by atoms with Gasteiger partial charge in [0.15, 0.2) is 0 Å². The average Bonchev–Trinajstić information content (AvgIpc) is 2.95. The number of anilines is 1. The molecule has 166 valence electrons. The van der Waals surface area contributed by atoms with Gasteiger partial charge in [-0.1, -0.05) is 43.2 Å². The number of benzene rings is 2. The second-order valence-electron chi connectivity index (χ2n) is 8.58. The van der Waals surface area contributed by atoms with Crippen LogP contribution in [0.5, 0.6) is 0 Å². The molecule has 0 radical (unpaired) electrons. The molecule has 0 bridgehead atoms. The fraction of sp³-hybridized carbons (Fsp3) is 0.346. The molecule has 32 heavy (non-hydrogen) atoms. The van der Waals surface area contributed by atoms with Crippen LogP contribution in [-0.2, 0) is 16.1 Å². The highest BCUT2D eigenvalue weighted by atomic mass is 16.2. The van der Waals surface area contributed by atoms with Crippen molar-refractivity contribution in [1.82, 2.24) is 9.47 Å². The number of amides is 2. The second-order valence-corrected chi connectivity index (χ2v) is 8.58. The molecular weight excluding hydrogens is 402 g/mol. The van der Waals surface area contributed by atoms with Crippen molar-refractivity contribution in [3.8, 4) is 0 Å². The minimum atomic E-state index is -0.680. The molecule has 2 heterocycles. The molecular formula is C26H29N3O3. The van der Waals surface area contributed by atoms with Crippen LogP contribution in [0.4, 0.5) is 5.69 Å². The molecule has 0 aliphatic carbocycles. The number of fused-ring (bicyclic) bond motifs is 1. The summed E-state index contributed by atoms with van der Waals surface area (Å²) in [5.41, 5.74) is 3.61. The quantitative estimate of drug-likeness (QED) is 0.478. The molecule has 1 N–H and O–H groups in total. The Hall–Kier alpha value is -3.41. The van der Waals surface area contributed by atoms with E-state index < -0.39 is 11.7 Å². The summed E-state index contributed by atoms with van der Waals surface area (Å²) in [7, 11) is 0. The highest BCUT2D eigenvalue weighted by Crippen LogP contribution is 2.24. The van der Waals surface area contributed by atoms with Gasteiger partial charge in [-0.3, -0.25) is 14.4 Å². The van der Waals surface area contributed by atoms with E-state index in [2.05, 4.69) is 5.32 Å². The number of nitrogens with zero attached hydrogens (tertiary/aromatic N) is 2. The van der Waals surface area contributed by atoms with Crippen molar-refractivity contribution >= 4 is 34.2 Å². The van der Waals surface area contributed by atoms with Crippen molar-refractivity contribution in [2.24, 2.45) is 0 Å². The molecule has 0 saturated carbocycles. The lowest BCUT2D eigenvalue weighted by molar-refractivity contribution is -0.131. The molecule has 3 aromatic rings. The molecule has 6 nitrogen and oxygen atoms in total. The number of Topliss-reactive ketones (excluding diaryl/α,β-unsaturated/α-hetero) is 1. The van der Waals surface area contributed by atoms with Crippen molar-refractivity contribution in [2.45, 2.75) is 46.1 Å². The number of nitrogens with one attached hydrogen (secondary N) is 1. The Morgan fingerprint density at radius 2 is 1.66 bits per heavy atom. The third kappa shape index (κ3) is 4.59. The van der Waals surface area contributed by atoms with E-state index in [1.54, 1.807) is 10.8 Å². The van der Waals surface area contributed by atoms with Crippen molar-refractivity contribution in [2.75, 3.05) is 18.4 Å². The lowest BCUT2D eigenvalue weighted by Crippen LogP contribution is -2.34. The first-order valence-electron chi connectivity index (χ1n) is 11.2. The summed E-state index contributed by atoms with van der Waals surface area (Å²) in [4.78, 5) is 40.7. The number of carbonyl (C=O) groups is 3. The van der Waals surface area contributed by atoms with Crippen LogP contribution < -0.4 is 5.32 Å². The van der Waals surface area contributed by atoms with Crippen LogP contribution in [0.15, 0.2) is 48.7 Å². The van der Waals surface area contributed by atoms with Crippen LogP contribution in [-0.4, -0.2) is 40.2 Å². The number of hydrogen-bond acceptors (Lipinski definition) is 3. The predicted octanol–water partition coefficient (Wildman–Crippen LogP) is 4.48. The minimum absolute atomic E-state index is 0.0477. The Morgan fingerprint density at radius 3 is 2.41 bits per heavy atom. The fourth-order valence-corrected chi connectivity index (χ4v) is 4.30. The number of aryl methyl sites for hydroxylation is 2. The largest absolute Gasteiger partial charge is 0.341 e. The van der Waals surface area contributed by atoms with E-state index in [-0.39, 0.29) is 12.5 Å². The van der Waals surface area contributed by atoms with Crippen molar-refractivity contribution in [1.29, 1.82) is 0 Å². The smallest absolute Gasteiger partial charge is 0.296 e. The van der Waals surface area contributed by atoms with Gasteiger partial charge < -0.3 is 14.8 Å².